The maximum absolute atomic E-state index is 11.3. The molecular weight excluding hydrogens is 182 g/mol. The van der Waals surface area contributed by atoms with Crippen LogP contribution in [0.4, 0.5) is 5.69 Å². The van der Waals surface area contributed by atoms with Crippen molar-refractivity contribution in [2.75, 3.05) is 11.6 Å². The van der Waals surface area contributed by atoms with Gasteiger partial charge < -0.3 is 5.32 Å². The molecule has 0 aliphatic carbocycles. The fraction of sp³-hybridized carbons (Fsp3) is 0.400. The zero-order valence-corrected chi connectivity index (χ0v) is 9.02. The topological polar surface area (TPSA) is 29.1 Å². The quantitative estimate of drug-likeness (QED) is 0.805. The third-order valence-corrected chi connectivity index (χ3v) is 2.62. The van der Waals surface area contributed by atoms with Crippen LogP contribution in [-0.2, 0) is 10.8 Å². The van der Waals surface area contributed by atoms with Crippen LogP contribution in [-0.4, -0.2) is 16.5 Å². The lowest BCUT2D eigenvalue weighted by atomic mass is 10.3. The highest BCUT2D eigenvalue weighted by Gasteiger charge is 2.04. The molecule has 0 aliphatic rings. The summed E-state index contributed by atoms with van der Waals surface area (Å²) in [6.45, 7) is 4.13. The summed E-state index contributed by atoms with van der Waals surface area (Å²) in [6, 6.07) is 8.06. The van der Waals surface area contributed by atoms with Crippen molar-refractivity contribution in [3.63, 3.8) is 0 Å². The Bertz CT molecular complexity index is 310. The molecule has 0 amide bonds. The summed E-state index contributed by atoms with van der Waals surface area (Å²) in [7, 11) is -0.919. The molecule has 0 fully saturated rings. The van der Waals surface area contributed by atoms with Gasteiger partial charge in [-0.2, -0.15) is 0 Å². The molecule has 0 spiro atoms. The highest BCUT2D eigenvalue weighted by Crippen LogP contribution is 2.18. The number of para-hydroxylation sites is 1. The first-order valence-corrected chi connectivity index (χ1v) is 5.86. The zero-order chi connectivity index (χ0) is 9.84. The van der Waals surface area contributed by atoms with Crippen molar-refractivity contribution in [2.24, 2.45) is 0 Å². The van der Waals surface area contributed by atoms with Crippen LogP contribution in [0.5, 0.6) is 0 Å². The van der Waals surface area contributed by atoms with Gasteiger partial charge >= 0.3 is 0 Å². The van der Waals surface area contributed by atoms with Crippen LogP contribution in [0.25, 0.3) is 0 Å². The number of anilines is 1. The molecular formula is C10H15NOS. The Hall–Kier alpha value is -0.830. The van der Waals surface area contributed by atoms with E-state index in [-0.39, 0.29) is 0 Å². The first-order valence-electron chi connectivity index (χ1n) is 4.30. The monoisotopic (exact) mass is 197 g/mol. The molecule has 1 N–H and O–H groups in total. The van der Waals surface area contributed by atoms with E-state index in [1.807, 2.05) is 24.3 Å². The summed E-state index contributed by atoms with van der Waals surface area (Å²) in [6.07, 6.45) is 1.70. The zero-order valence-electron chi connectivity index (χ0n) is 8.20. The summed E-state index contributed by atoms with van der Waals surface area (Å²) in [5.41, 5.74) is 0.971. The Morgan fingerprint density at radius 1 is 1.31 bits per heavy atom. The van der Waals surface area contributed by atoms with Gasteiger partial charge in [-0.25, -0.2) is 0 Å². The number of hydrogen-bond acceptors (Lipinski definition) is 2. The molecule has 13 heavy (non-hydrogen) atoms. The van der Waals surface area contributed by atoms with E-state index < -0.39 is 10.8 Å². The standard InChI is InChI=1S/C10H15NOS/c1-8(2)11-9-6-4-5-7-10(9)13(3)12/h4-8,11H,1-3H3. The lowest BCUT2D eigenvalue weighted by Gasteiger charge is -2.12. The molecule has 3 heteroatoms. The molecule has 0 saturated carbocycles. The van der Waals surface area contributed by atoms with Crippen LogP contribution in [0, 0.1) is 0 Å². The van der Waals surface area contributed by atoms with Crippen molar-refractivity contribution < 1.29 is 4.21 Å². The van der Waals surface area contributed by atoms with E-state index in [9.17, 15) is 4.21 Å². The summed E-state index contributed by atoms with van der Waals surface area (Å²) in [4.78, 5) is 0.871. The maximum Gasteiger partial charge on any atom is 0.0616 e. The molecule has 72 valence electrons. The third kappa shape index (κ3) is 2.84. The molecule has 1 aromatic carbocycles. The summed E-state index contributed by atoms with van der Waals surface area (Å²) in [5.74, 6) is 0. The predicted octanol–water partition coefficient (Wildman–Crippen LogP) is 2.24. The van der Waals surface area contributed by atoms with E-state index in [4.69, 9.17) is 0 Å². The van der Waals surface area contributed by atoms with Gasteiger partial charge in [-0.15, -0.1) is 0 Å². The molecule has 0 aromatic heterocycles. The van der Waals surface area contributed by atoms with Crippen molar-refractivity contribution in [1.29, 1.82) is 0 Å². The molecule has 1 aromatic rings. The molecule has 0 saturated heterocycles. The molecule has 2 nitrogen and oxygen atoms in total. The second-order valence-electron chi connectivity index (χ2n) is 3.25. The lowest BCUT2D eigenvalue weighted by Crippen LogP contribution is -2.11. The largest absolute Gasteiger partial charge is 0.382 e. The molecule has 1 atom stereocenters. The van der Waals surface area contributed by atoms with Gasteiger partial charge in [0.2, 0.25) is 0 Å². The minimum absolute atomic E-state index is 0.365. The summed E-state index contributed by atoms with van der Waals surface area (Å²) < 4.78 is 11.3. The normalized spacial score (nSPS) is 12.9. The van der Waals surface area contributed by atoms with Crippen molar-refractivity contribution >= 4 is 16.5 Å². The fourth-order valence-corrected chi connectivity index (χ4v) is 1.85. The second kappa shape index (κ2) is 4.42. The van der Waals surface area contributed by atoms with E-state index in [1.165, 1.54) is 0 Å². The van der Waals surface area contributed by atoms with Crippen LogP contribution in [0.2, 0.25) is 0 Å². The van der Waals surface area contributed by atoms with E-state index >= 15 is 0 Å². The molecule has 0 radical (unpaired) electrons. The molecule has 0 aliphatic heterocycles. The van der Waals surface area contributed by atoms with Gasteiger partial charge in [-0.1, -0.05) is 12.1 Å². The fourth-order valence-electron chi connectivity index (χ4n) is 1.15. The van der Waals surface area contributed by atoms with Gasteiger partial charge in [0.25, 0.3) is 0 Å². The highest BCUT2D eigenvalue weighted by molar-refractivity contribution is 7.84. The Kier molecular flexibility index (Phi) is 3.48. The summed E-state index contributed by atoms with van der Waals surface area (Å²) in [5, 5.41) is 3.26. The van der Waals surface area contributed by atoms with Crippen LogP contribution < -0.4 is 5.32 Å². The Balaban J connectivity index is 2.98. The van der Waals surface area contributed by atoms with E-state index in [1.54, 1.807) is 6.26 Å². The van der Waals surface area contributed by atoms with Crippen LogP contribution >= 0.6 is 0 Å². The van der Waals surface area contributed by atoms with Crippen LogP contribution in [0.3, 0.4) is 0 Å². The first-order chi connectivity index (χ1) is 6.11. The SMILES string of the molecule is CC(C)Nc1ccccc1S(C)=O. The van der Waals surface area contributed by atoms with Gasteiger partial charge in [0.05, 0.1) is 21.4 Å². The van der Waals surface area contributed by atoms with Crippen LogP contribution in [0.1, 0.15) is 13.8 Å². The predicted molar refractivity (Wildman–Crippen MR) is 57.5 cm³/mol. The van der Waals surface area contributed by atoms with Gasteiger partial charge in [0, 0.05) is 12.3 Å². The summed E-state index contributed by atoms with van der Waals surface area (Å²) >= 11 is 0. The number of rotatable bonds is 3. The van der Waals surface area contributed by atoms with E-state index in [0.717, 1.165) is 10.6 Å². The number of nitrogens with one attached hydrogen (secondary N) is 1. The first kappa shape index (κ1) is 10.3. The number of benzene rings is 1. The Morgan fingerprint density at radius 3 is 2.46 bits per heavy atom. The Morgan fingerprint density at radius 2 is 1.92 bits per heavy atom. The second-order valence-corrected chi connectivity index (χ2v) is 4.60. The molecule has 1 rings (SSSR count). The van der Waals surface area contributed by atoms with E-state index in [2.05, 4.69) is 19.2 Å². The maximum atomic E-state index is 11.3. The molecule has 0 bridgehead atoms. The molecule has 0 heterocycles. The number of hydrogen-bond donors (Lipinski definition) is 1. The van der Waals surface area contributed by atoms with E-state index in [0.29, 0.717) is 6.04 Å². The van der Waals surface area contributed by atoms with Crippen molar-refractivity contribution in [3.05, 3.63) is 24.3 Å². The highest BCUT2D eigenvalue weighted by atomic mass is 32.2. The van der Waals surface area contributed by atoms with Crippen LogP contribution in [0.15, 0.2) is 29.2 Å². The smallest absolute Gasteiger partial charge is 0.0616 e. The lowest BCUT2D eigenvalue weighted by molar-refractivity contribution is 0.687. The average Bonchev–Trinajstić information content (AvgIpc) is 2.03. The average molecular weight is 197 g/mol. The van der Waals surface area contributed by atoms with Crippen molar-refractivity contribution in [2.45, 2.75) is 24.8 Å². The third-order valence-electron chi connectivity index (χ3n) is 1.64. The minimum atomic E-state index is -0.919. The minimum Gasteiger partial charge on any atom is -0.382 e. The molecule has 1 unspecified atom stereocenters. The van der Waals surface area contributed by atoms with Gasteiger partial charge in [0.1, 0.15) is 0 Å². The van der Waals surface area contributed by atoms with Crippen molar-refractivity contribution in [1.82, 2.24) is 0 Å². The Labute approximate surface area is 81.8 Å². The van der Waals surface area contributed by atoms with Crippen molar-refractivity contribution in [3.8, 4) is 0 Å². The van der Waals surface area contributed by atoms with Gasteiger partial charge in [-0.05, 0) is 26.0 Å². The van der Waals surface area contributed by atoms with Gasteiger partial charge in [-0.3, -0.25) is 4.21 Å². The van der Waals surface area contributed by atoms with Gasteiger partial charge in [0.15, 0.2) is 0 Å².